The van der Waals surface area contributed by atoms with Crippen LogP contribution in [0.2, 0.25) is 10.0 Å². The fraction of sp³-hybridized carbons (Fsp3) is 0.158. The number of fused-ring (bicyclic) bond motifs is 1. The number of rotatable bonds is 5. The van der Waals surface area contributed by atoms with Crippen LogP contribution in [0.25, 0.3) is 16.6 Å². The van der Waals surface area contributed by atoms with Gasteiger partial charge in [0.2, 0.25) is 0 Å². The first-order chi connectivity index (χ1) is 13.0. The Morgan fingerprint density at radius 1 is 1.15 bits per heavy atom. The van der Waals surface area contributed by atoms with Crippen LogP contribution in [0.4, 0.5) is 11.4 Å². The highest BCUT2D eigenvalue weighted by atomic mass is 35.5. The van der Waals surface area contributed by atoms with E-state index in [0.29, 0.717) is 32.3 Å². The van der Waals surface area contributed by atoms with E-state index in [1.807, 2.05) is 0 Å². The molecule has 0 spiro atoms. The average molecular weight is 406 g/mol. The summed E-state index contributed by atoms with van der Waals surface area (Å²) in [5.74, 6) is -0.440. The van der Waals surface area contributed by atoms with Crippen LogP contribution in [0.3, 0.4) is 0 Å². The van der Waals surface area contributed by atoms with Crippen molar-refractivity contribution in [3.8, 4) is 5.69 Å². The molecule has 27 heavy (non-hydrogen) atoms. The first-order valence-corrected chi connectivity index (χ1v) is 8.83. The molecular weight excluding hydrogens is 389 g/mol. The van der Waals surface area contributed by atoms with Crippen LogP contribution in [0.15, 0.2) is 47.3 Å². The van der Waals surface area contributed by atoms with Gasteiger partial charge in [-0.1, -0.05) is 35.3 Å². The highest BCUT2D eigenvalue weighted by Crippen LogP contribution is 2.33. The molecular formula is C19H17Cl2N3O3. The molecule has 0 unspecified atom stereocenters. The highest BCUT2D eigenvalue weighted by Gasteiger charge is 2.20. The number of aromatic nitrogens is 1. The van der Waals surface area contributed by atoms with Crippen LogP contribution < -0.4 is 16.2 Å². The smallest absolute Gasteiger partial charge is 0.281 e. The van der Waals surface area contributed by atoms with Gasteiger partial charge < -0.3 is 15.4 Å². The third-order valence-corrected chi connectivity index (χ3v) is 4.57. The molecule has 140 valence electrons. The molecule has 8 heteroatoms. The second kappa shape index (κ2) is 8.00. The summed E-state index contributed by atoms with van der Waals surface area (Å²) >= 11 is 12.5. The van der Waals surface area contributed by atoms with E-state index in [9.17, 15) is 9.59 Å². The number of carbonyl (C=O) groups is 1. The normalized spacial score (nSPS) is 10.8. The van der Waals surface area contributed by atoms with Gasteiger partial charge in [0.05, 0.1) is 21.9 Å². The van der Waals surface area contributed by atoms with Crippen molar-refractivity contribution in [2.24, 2.45) is 0 Å². The van der Waals surface area contributed by atoms with Crippen LogP contribution >= 0.6 is 23.2 Å². The Bertz CT molecular complexity index is 1080. The lowest BCUT2D eigenvalue weighted by Crippen LogP contribution is -2.28. The van der Waals surface area contributed by atoms with Gasteiger partial charge in [-0.05, 0) is 30.3 Å². The van der Waals surface area contributed by atoms with Crippen molar-refractivity contribution in [3.05, 3.63) is 62.9 Å². The third kappa shape index (κ3) is 3.64. The number of para-hydroxylation sites is 1. The second-order valence-corrected chi connectivity index (χ2v) is 6.58. The standard InChI is InChI=1S/C19H17Cl2N3O3/c1-22-17-12-8-7-11(20)9-15(12)24(14-6-4-3-5-13(14)21)19(26)18(17)23-16(25)10-27-2/h3-9,22H,10H2,1-2H3,(H,23,25). The predicted molar refractivity (Wildman–Crippen MR) is 110 cm³/mol. The largest absolute Gasteiger partial charge is 0.386 e. The molecule has 0 radical (unpaired) electrons. The molecule has 0 aliphatic heterocycles. The molecule has 1 heterocycles. The zero-order valence-corrected chi connectivity index (χ0v) is 16.2. The van der Waals surface area contributed by atoms with Crippen molar-refractivity contribution in [2.45, 2.75) is 0 Å². The van der Waals surface area contributed by atoms with E-state index in [1.54, 1.807) is 49.5 Å². The van der Waals surface area contributed by atoms with Gasteiger partial charge in [-0.15, -0.1) is 0 Å². The molecule has 0 saturated heterocycles. The lowest BCUT2D eigenvalue weighted by Gasteiger charge is -2.19. The number of nitrogens with one attached hydrogen (secondary N) is 2. The second-order valence-electron chi connectivity index (χ2n) is 5.73. The maximum Gasteiger partial charge on any atom is 0.281 e. The molecule has 3 rings (SSSR count). The molecule has 0 saturated carbocycles. The van der Waals surface area contributed by atoms with Crippen LogP contribution in [0.1, 0.15) is 0 Å². The van der Waals surface area contributed by atoms with Crippen LogP contribution in [-0.2, 0) is 9.53 Å². The number of hydrogen-bond acceptors (Lipinski definition) is 4. The van der Waals surface area contributed by atoms with Gasteiger partial charge in [0, 0.05) is 24.6 Å². The highest BCUT2D eigenvalue weighted by molar-refractivity contribution is 6.33. The summed E-state index contributed by atoms with van der Waals surface area (Å²) in [6.45, 7) is -0.173. The summed E-state index contributed by atoms with van der Waals surface area (Å²) in [6.07, 6.45) is 0. The molecule has 6 nitrogen and oxygen atoms in total. The minimum atomic E-state index is -0.440. The topological polar surface area (TPSA) is 72.4 Å². The number of nitrogens with zero attached hydrogens (tertiary/aromatic N) is 1. The third-order valence-electron chi connectivity index (χ3n) is 4.02. The van der Waals surface area contributed by atoms with E-state index in [2.05, 4.69) is 10.6 Å². The van der Waals surface area contributed by atoms with Crippen molar-refractivity contribution in [3.63, 3.8) is 0 Å². The minimum absolute atomic E-state index is 0.106. The number of halogens is 2. The molecule has 3 aromatic rings. The summed E-state index contributed by atoms with van der Waals surface area (Å²) in [4.78, 5) is 25.4. The van der Waals surface area contributed by atoms with Crippen molar-refractivity contribution >= 4 is 51.4 Å². The Balaban J connectivity index is 2.41. The Hall–Kier alpha value is -2.54. The van der Waals surface area contributed by atoms with Gasteiger partial charge in [0.15, 0.2) is 0 Å². The fourth-order valence-electron chi connectivity index (χ4n) is 2.92. The van der Waals surface area contributed by atoms with Gasteiger partial charge >= 0.3 is 0 Å². The van der Waals surface area contributed by atoms with Crippen molar-refractivity contribution in [1.82, 2.24) is 4.57 Å². The number of ether oxygens (including phenoxy) is 1. The predicted octanol–water partition coefficient (Wildman–Crippen LogP) is 3.92. The number of pyridine rings is 1. The molecule has 0 bridgehead atoms. The van der Waals surface area contributed by atoms with E-state index in [4.69, 9.17) is 27.9 Å². The van der Waals surface area contributed by atoms with E-state index in [0.717, 1.165) is 0 Å². The summed E-state index contributed by atoms with van der Waals surface area (Å²) in [5, 5.41) is 7.20. The minimum Gasteiger partial charge on any atom is -0.386 e. The monoisotopic (exact) mass is 405 g/mol. The van der Waals surface area contributed by atoms with E-state index < -0.39 is 11.5 Å². The van der Waals surface area contributed by atoms with Gasteiger partial charge in [-0.3, -0.25) is 14.2 Å². The van der Waals surface area contributed by atoms with Gasteiger partial charge in [-0.25, -0.2) is 0 Å². The van der Waals surface area contributed by atoms with Crippen LogP contribution in [0.5, 0.6) is 0 Å². The van der Waals surface area contributed by atoms with Gasteiger partial charge in [0.1, 0.15) is 12.3 Å². The van der Waals surface area contributed by atoms with Crippen molar-refractivity contribution < 1.29 is 9.53 Å². The zero-order valence-electron chi connectivity index (χ0n) is 14.7. The zero-order chi connectivity index (χ0) is 19.6. The average Bonchev–Trinajstić information content (AvgIpc) is 2.64. The molecule has 0 aliphatic carbocycles. The lowest BCUT2D eigenvalue weighted by molar-refractivity contribution is -0.119. The Morgan fingerprint density at radius 3 is 2.56 bits per heavy atom. The maximum atomic E-state index is 13.3. The molecule has 0 atom stereocenters. The first-order valence-electron chi connectivity index (χ1n) is 8.07. The molecule has 2 aromatic carbocycles. The van der Waals surface area contributed by atoms with Gasteiger partial charge in [-0.2, -0.15) is 0 Å². The van der Waals surface area contributed by atoms with Crippen LogP contribution in [0, 0.1) is 0 Å². The summed E-state index contributed by atoms with van der Waals surface area (Å²) in [6, 6.07) is 12.1. The number of carbonyl (C=O) groups excluding carboxylic acids is 1. The SMILES string of the molecule is CNc1c(NC(=O)COC)c(=O)n(-c2ccccc2Cl)c2cc(Cl)ccc12. The summed E-state index contributed by atoms with van der Waals surface area (Å²) in [5.41, 5.74) is 1.21. The van der Waals surface area contributed by atoms with Crippen LogP contribution in [-0.4, -0.2) is 31.2 Å². The molecule has 0 aliphatic rings. The van der Waals surface area contributed by atoms with E-state index >= 15 is 0 Å². The number of hydrogen-bond donors (Lipinski definition) is 2. The lowest BCUT2D eigenvalue weighted by atomic mass is 10.1. The quantitative estimate of drug-likeness (QED) is 0.674. The Morgan fingerprint density at radius 2 is 1.89 bits per heavy atom. The fourth-order valence-corrected chi connectivity index (χ4v) is 3.31. The molecule has 1 aromatic heterocycles. The molecule has 0 fully saturated rings. The number of amides is 1. The maximum absolute atomic E-state index is 13.3. The number of benzene rings is 2. The first kappa shape index (κ1) is 19.2. The van der Waals surface area contributed by atoms with E-state index in [1.165, 1.54) is 11.7 Å². The summed E-state index contributed by atoms with van der Waals surface area (Å²) in [7, 11) is 3.08. The summed E-state index contributed by atoms with van der Waals surface area (Å²) < 4.78 is 6.28. The Kier molecular flexibility index (Phi) is 5.70. The van der Waals surface area contributed by atoms with E-state index in [-0.39, 0.29) is 12.3 Å². The van der Waals surface area contributed by atoms with Crippen molar-refractivity contribution in [2.75, 3.05) is 31.4 Å². The van der Waals surface area contributed by atoms with Crippen molar-refractivity contribution in [1.29, 1.82) is 0 Å². The number of anilines is 2. The molecule has 1 amide bonds. The van der Waals surface area contributed by atoms with Gasteiger partial charge in [0.25, 0.3) is 11.5 Å². The Labute approximate surface area is 165 Å². The number of methoxy groups -OCH3 is 1. The molecule has 2 N–H and O–H groups in total.